The normalized spacial score (nSPS) is 22.0. The molecule has 0 aromatic heterocycles. The van der Waals surface area contributed by atoms with Crippen LogP contribution in [-0.2, 0) is 4.74 Å². The summed E-state index contributed by atoms with van der Waals surface area (Å²) in [4.78, 5) is 14.2. The Morgan fingerprint density at radius 2 is 1.96 bits per heavy atom. The van der Waals surface area contributed by atoms with E-state index in [0.29, 0.717) is 5.69 Å². The third-order valence-electron chi connectivity index (χ3n) is 5.61. The van der Waals surface area contributed by atoms with Gasteiger partial charge in [-0.1, -0.05) is 0 Å². The molecule has 144 valence electrons. The van der Waals surface area contributed by atoms with Crippen LogP contribution >= 0.6 is 0 Å². The molecule has 2 aliphatic rings. The Kier molecular flexibility index (Phi) is 4.82. The van der Waals surface area contributed by atoms with E-state index >= 15 is 0 Å². The molecule has 0 radical (unpaired) electrons. The van der Waals surface area contributed by atoms with Gasteiger partial charge in [0.05, 0.1) is 12.8 Å². The van der Waals surface area contributed by atoms with Gasteiger partial charge in [-0.15, -0.1) is 0 Å². The number of carbonyl (C=O) groups excluding carboxylic acids is 1. The number of aryl methyl sites for hydroxylation is 1. The van der Waals surface area contributed by atoms with E-state index in [1.807, 2.05) is 31.7 Å². The number of piperidine rings is 1. The first-order valence-corrected chi connectivity index (χ1v) is 9.30. The van der Waals surface area contributed by atoms with Crippen LogP contribution < -0.4 is 15.8 Å². The predicted octanol–water partition coefficient (Wildman–Crippen LogP) is 3.25. The fourth-order valence-electron chi connectivity index (χ4n) is 4.07. The van der Waals surface area contributed by atoms with Crippen molar-refractivity contribution in [2.24, 2.45) is 5.41 Å². The smallest absolute Gasteiger partial charge is 0.410 e. The maximum absolute atomic E-state index is 12.3. The Bertz CT molecular complexity index is 688. The molecular formula is C20H31N3O3. The number of hydrogen-bond acceptors (Lipinski definition) is 5. The number of likely N-dealkylation sites (tertiary alicyclic amines) is 1. The first kappa shape index (κ1) is 18.8. The minimum atomic E-state index is -0.454. The van der Waals surface area contributed by atoms with Gasteiger partial charge in [0.25, 0.3) is 0 Å². The fourth-order valence-corrected chi connectivity index (χ4v) is 4.07. The second-order valence-corrected chi connectivity index (χ2v) is 8.59. The Hall–Kier alpha value is -1.95. The molecule has 6 heteroatoms. The van der Waals surface area contributed by atoms with Crippen LogP contribution in [0, 0.1) is 12.3 Å². The van der Waals surface area contributed by atoms with Crippen molar-refractivity contribution in [2.45, 2.75) is 52.2 Å². The third-order valence-corrected chi connectivity index (χ3v) is 5.61. The maximum Gasteiger partial charge on any atom is 0.410 e. The molecular weight excluding hydrogens is 330 g/mol. The van der Waals surface area contributed by atoms with Crippen LogP contribution in [0.2, 0.25) is 0 Å². The van der Waals surface area contributed by atoms with Crippen LogP contribution in [0.1, 0.15) is 50.8 Å². The van der Waals surface area contributed by atoms with Gasteiger partial charge in [0, 0.05) is 31.1 Å². The number of hydrogen-bond donors (Lipinski definition) is 2. The molecule has 2 fully saturated rings. The van der Waals surface area contributed by atoms with E-state index < -0.39 is 5.60 Å². The highest BCUT2D eigenvalue weighted by atomic mass is 16.6. The summed E-state index contributed by atoms with van der Waals surface area (Å²) in [6.07, 6.45) is 1.73. The van der Waals surface area contributed by atoms with E-state index in [9.17, 15) is 4.79 Å². The molecule has 2 saturated heterocycles. The summed E-state index contributed by atoms with van der Waals surface area (Å²) in [6, 6.07) is 4.32. The Morgan fingerprint density at radius 3 is 2.46 bits per heavy atom. The summed E-state index contributed by atoms with van der Waals surface area (Å²) in [5.74, 6) is 0.723. The molecule has 0 aliphatic carbocycles. The number of nitrogens with two attached hydrogens (primary N) is 1. The van der Waals surface area contributed by atoms with E-state index in [-0.39, 0.29) is 17.6 Å². The van der Waals surface area contributed by atoms with Crippen molar-refractivity contribution >= 4 is 11.8 Å². The fraction of sp³-hybridized carbons (Fsp3) is 0.650. The number of carbonyl (C=O) groups is 1. The van der Waals surface area contributed by atoms with Crippen LogP contribution in [0.3, 0.4) is 0 Å². The molecule has 3 rings (SSSR count). The molecule has 6 nitrogen and oxygen atoms in total. The van der Waals surface area contributed by atoms with Crippen molar-refractivity contribution in [1.82, 2.24) is 10.2 Å². The van der Waals surface area contributed by atoms with E-state index in [1.54, 1.807) is 7.11 Å². The van der Waals surface area contributed by atoms with Gasteiger partial charge in [-0.05, 0) is 63.8 Å². The minimum Gasteiger partial charge on any atom is -0.495 e. The van der Waals surface area contributed by atoms with Crippen LogP contribution in [0.25, 0.3) is 0 Å². The van der Waals surface area contributed by atoms with Crippen molar-refractivity contribution in [3.05, 3.63) is 23.3 Å². The lowest BCUT2D eigenvalue weighted by Gasteiger charge is -2.55. The molecule has 0 saturated carbocycles. The van der Waals surface area contributed by atoms with Crippen molar-refractivity contribution in [2.75, 3.05) is 32.5 Å². The highest BCUT2D eigenvalue weighted by Crippen LogP contribution is 2.50. The number of amides is 1. The first-order valence-electron chi connectivity index (χ1n) is 9.30. The second kappa shape index (κ2) is 6.65. The van der Waals surface area contributed by atoms with Crippen LogP contribution in [0.5, 0.6) is 5.75 Å². The minimum absolute atomic E-state index is 0.185. The Morgan fingerprint density at radius 1 is 1.31 bits per heavy atom. The number of rotatable bonds is 2. The van der Waals surface area contributed by atoms with E-state index in [0.717, 1.165) is 38.2 Å². The van der Waals surface area contributed by atoms with Crippen molar-refractivity contribution in [3.63, 3.8) is 0 Å². The topological polar surface area (TPSA) is 76.8 Å². The average molecular weight is 361 g/mol. The average Bonchev–Trinajstić information content (AvgIpc) is 2.54. The zero-order valence-corrected chi connectivity index (χ0v) is 16.5. The largest absolute Gasteiger partial charge is 0.495 e. The molecule has 1 unspecified atom stereocenters. The monoisotopic (exact) mass is 361 g/mol. The predicted molar refractivity (Wildman–Crippen MR) is 102 cm³/mol. The summed E-state index contributed by atoms with van der Waals surface area (Å²) in [7, 11) is 1.65. The lowest BCUT2D eigenvalue weighted by molar-refractivity contribution is -0.0182. The Balaban J connectivity index is 1.71. The van der Waals surface area contributed by atoms with Gasteiger partial charge in [-0.2, -0.15) is 0 Å². The van der Waals surface area contributed by atoms with Crippen molar-refractivity contribution < 1.29 is 14.3 Å². The number of ether oxygens (including phenoxy) is 2. The van der Waals surface area contributed by atoms with Gasteiger partial charge < -0.3 is 25.4 Å². The molecule has 1 amide bonds. The van der Waals surface area contributed by atoms with E-state index in [1.165, 1.54) is 11.1 Å². The van der Waals surface area contributed by atoms with Gasteiger partial charge in [0.1, 0.15) is 11.4 Å². The zero-order valence-electron chi connectivity index (χ0n) is 16.5. The SMILES string of the molecule is COc1cc(C2NCC23CCN(C(=O)OC(C)(C)C)CC3)c(C)cc1N. The second-order valence-electron chi connectivity index (χ2n) is 8.59. The van der Waals surface area contributed by atoms with Crippen LogP contribution in [0.15, 0.2) is 12.1 Å². The van der Waals surface area contributed by atoms with E-state index in [4.69, 9.17) is 15.2 Å². The highest BCUT2D eigenvalue weighted by Gasteiger charge is 2.50. The van der Waals surface area contributed by atoms with Gasteiger partial charge in [-0.25, -0.2) is 4.79 Å². The van der Waals surface area contributed by atoms with Gasteiger partial charge >= 0.3 is 6.09 Å². The van der Waals surface area contributed by atoms with E-state index in [2.05, 4.69) is 18.3 Å². The number of nitrogens with zero attached hydrogens (tertiary/aromatic N) is 1. The first-order chi connectivity index (χ1) is 12.1. The number of nitrogen functional groups attached to an aromatic ring is 1. The molecule has 1 atom stereocenters. The molecule has 1 aromatic rings. The van der Waals surface area contributed by atoms with Gasteiger partial charge in [-0.3, -0.25) is 0 Å². The lowest BCUT2D eigenvalue weighted by atomic mass is 9.64. The molecule has 26 heavy (non-hydrogen) atoms. The molecule has 2 aliphatic heterocycles. The standard InChI is InChI=1S/C20H31N3O3/c1-13-10-15(21)16(25-5)11-14(13)17-20(12-22-17)6-8-23(9-7-20)18(24)26-19(2,3)4/h10-11,17,22H,6-9,12,21H2,1-5H3. The zero-order chi connectivity index (χ0) is 19.1. The molecule has 0 bridgehead atoms. The maximum atomic E-state index is 12.3. The van der Waals surface area contributed by atoms with Crippen LogP contribution in [0.4, 0.5) is 10.5 Å². The third kappa shape index (κ3) is 3.47. The lowest BCUT2D eigenvalue weighted by Crippen LogP contribution is -2.61. The molecule has 1 aromatic carbocycles. The summed E-state index contributed by atoms with van der Waals surface area (Å²) < 4.78 is 10.9. The summed E-state index contributed by atoms with van der Waals surface area (Å²) in [5, 5.41) is 3.59. The van der Waals surface area contributed by atoms with Crippen molar-refractivity contribution in [3.8, 4) is 5.75 Å². The molecule has 2 heterocycles. The summed E-state index contributed by atoms with van der Waals surface area (Å²) in [5.41, 5.74) is 8.85. The van der Waals surface area contributed by atoms with Gasteiger partial charge in [0.2, 0.25) is 0 Å². The van der Waals surface area contributed by atoms with Gasteiger partial charge in [0.15, 0.2) is 0 Å². The Labute approximate surface area is 156 Å². The summed E-state index contributed by atoms with van der Waals surface area (Å²) >= 11 is 0. The molecule has 3 N–H and O–H groups in total. The number of methoxy groups -OCH3 is 1. The number of anilines is 1. The molecule has 1 spiro atoms. The van der Waals surface area contributed by atoms with Crippen LogP contribution in [-0.4, -0.2) is 43.3 Å². The summed E-state index contributed by atoms with van der Waals surface area (Å²) in [6.45, 7) is 10.2. The number of nitrogens with one attached hydrogen (secondary N) is 1. The number of benzene rings is 1. The quantitative estimate of drug-likeness (QED) is 0.791. The highest BCUT2D eigenvalue weighted by molar-refractivity contribution is 5.68. The van der Waals surface area contributed by atoms with Crippen molar-refractivity contribution in [1.29, 1.82) is 0 Å².